The number of aliphatic hydroxyl groups is 1. The zero-order valence-electron chi connectivity index (χ0n) is 6.70. The minimum absolute atomic E-state index is 0.00817. The summed E-state index contributed by atoms with van der Waals surface area (Å²) in [6, 6.07) is 5.25. The summed E-state index contributed by atoms with van der Waals surface area (Å²) >= 11 is 0. The fourth-order valence-corrected chi connectivity index (χ4v) is 0.917. The van der Waals surface area contributed by atoms with Gasteiger partial charge in [0.1, 0.15) is 0 Å². The minimum Gasteiger partial charge on any atom is -0.399 e. The smallest absolute Gasteiger partial charge is 0.0615 e. The SMILES string of the molecule is Nc1ccc(N)c(/C=C/CO)c1. The van der Waals surface area contributed by atoms with E-state index in [1.165, 1.54) is 0 Å². The van der Waals surface area contributed by atoms with Crippen LogP contribution in [-0.2, 0) is 0 Å². The number of rotatable bonds is 2. The molecule has 12 heavy (non-hydrogen) atoms. The van der Waals surface area contributed by atoms with E-state index in [2.05, 4.69) is 0 Å². The van der Waals surface area contributed by atoms with Crippen LogP contribution in [0.2, 0.25) is 0 Å². The third-order valence-electron chi connectivity index (χ3n) is 1.51. The average molecular weight is 164 g/mol. The molecule has 0 amide bonds. The van der Waals surface area contributed by atoms with Crippen molar-refractivity contribution in [3.05, 3.63) is 29.8 Å². The van der Waals surface area contributed by atoms with Crippen molar-refractivity contribution in [1.29, 1.82) is 0 Å². The second kappa shape index (κ2) is 3.78. The number of anilines is 2. The van der Waals surface area contributed by atoms with Gasteiger partial charge in [-0.25, -0.2) is 0 Å². The molecule has 3 nitrogen and oxygen atoms in total. The highest BCUT2D eigenvalue weighted by Crippen LogP contribution is 2.16. The number of nitrogens with two attached hydrogens (primary N) is 2. The Morgan fingerprint density at radius 2 is 2.08 bits per heavy atom. The Morgan fingerprint density at radius 1 is 1.33 bits per heavy atom. The van der Waals surface area contributed by atoms with Gasteiger partial charge in [-0.1, -0.05) is 12.2 Å². The molecule has 1 aromatic rings. The topological polar surface area (TPSA) is 72.3 Å². The van der Waals surface area contributed by atoms with Gasteiger partial charge in [-0.15, -0.1) is 0 Å². The Kier molecular flexibility index (Phi) is 2.71. The van der Waals surface area contributed by atoms with Gasteiger partial charge in [0.2, 0.25) is 0 Å². The lowest BCUT2D eigenvalue weighted by Crippen LogP contribution is -1.92. The molecule has 0 aliphatic carbocycles. The minimum atomic E-state index is 0.00817. The molecule has 0 atom stereocenters. The van der Waals surface area contributed by atoms with Crippen molar-refractivity contribution in [2.24, 2.45) is 0 Å². The van der Waals surface area contributed by atoms with Gasteiger partial charge in [0.25, 0.3) is 0 Å². The number of hydrogen-bond acceptors (Lipinski definition) is 3. The van der Waals surface area contributed by atoms with Crippen molar-refractivity contribution >= 4 is 17.5 Å². The van der Waals surface area contributed by atoms with Crippen molar-refractivity contribution in [3.8, 4) is 0 Å². The van der Waals surface area contributed by atoms with E-state index in [9.17, 15) is 0 Å². The van der Waals surface area contributed by atoms with Gasteiger partial charge in [0.05, 0.1) is 6.61 Å². The van der Waals surface area contributed by atoms with Crippen LogP contribution in [0.1, 0.15) is 5.56 Å². The van der Waals surface area contributed by atoms with Gasteiger partial charge in [-0.05, 0) is 23.8 Å². The second-order valence-electron chi connectivity index (χ2n) is 2.47. The summed E-state index contributed by atoms with van der Waals surface area (Å²) in [7, 11) is 0. The predicted octanol–water partition coefficient (Wildman–Crippen LogP) is 0.857. The summed E-state index contributed by atoms with van der Waals surface area (Å²) in [4.78, 5) is 0. The lowest BCUT2D eigenvalue weighted by molar-refractivity contribution is 0.343. The molecule has 1 aromatic carbocycles. The maximum absolute atomic E-state index is 8.53. The molecule has 0 aliphatic heterocycles. The van der Waals surface area contributed by atoms with E-state index >= 15 is 0 Å². The largest absolute Gasteiger partial charge is 0.399 e. The van der Waals surface area contributed by atoms with Crippen LogP contribution >= 0.6 is 0 Å². The van der Waals surface area contributed by atoms with Crippen LogP contribution in [0.4, 0.5) is 11.4 Å². The van der Waals surface area contributed by atoms with E-state index in [0.29, 0.717) is 11.4 Å². The van der Waals surface area contributed by atoms with Crippen LogP contribution in [0, 0.1) is 0 Å². The van der Waals surface area contributed by atoms with Gasteiger partial charge >= 0.3 is 0 Å². The zero-order valence-corrected chi connectivity index (χ0v) is 6.70. The van der Waals surface area contributed by atoms with E-state index in [1.807, 2.05) is 0 Å². The molecule has 0 bridgehead atoms. The molecule has 0 saturated heterocycles. The fraction of sp³-hybridized carbons (Fsp3) is 0.111. The maximum atomic E-state index is 8.53. The Morgan fingerprint density at radius 3 is 2.75 bits per heavy atom. The van der Waals surface area contributed by atoms with Crippen molar-refractivity contribution in [2.45, 2.75) is 0 Å². The first kappa shape index (κ1) is 8.62. The second-order valence-corrected chi connectivity index (χ2v) is 2.47. The molecule has 0 aliphatic rings. The third kappa shape index (κ3) is 2.00. The van der Waals surface area contributed by atoms with E-state index in [-0.39, 0.29) is 6.61 Å². The molecule has 1 rings (SSSR count). The number of nitrogen functional groups attached to an aromatic ring is 2. The van der Waals surface area contributed by atoms with Gasteiger partial charge in [0.15, 0.2) is 0 Å². The number of aliphatic hydroxyl groups excluding tert-OH is 1. The summed E-state index contributed by atoms with van der Waals surface area (Å²) in [5.74, 6) is 0. The predicted molar refractivity (Wildman–Crippen MR) is 51.4 cm³/mol. The number of benzene rings is 1. The standard InChI is InChI=1S/C9H12N2O/c10-8-3-4-9(11)7(6-8)2-1-5-12/h1-4,6,12H,5,10-11H2/b2-1+. The van der Waals surface area contributed by atoms with E-state index in [0.717, 1.165) is 5.56 Å². The van der Waals surface area contributed by atoms with Crippen LogP contribution in [-0.4, -0.2) is 11.7 Å². The first-order chi connectivity index (χ1) is 5.74. The molecule has 0 fully saturated rings. The Labute approximate surface area is 71.3 Å². The third-order valence-corrected chi connectivity index (χ3v) is 1.51. The lowest BCUT2D eigenvalue weighted by atomic mass is 10.1. The monoisotopic (exact) mass is 164 g/mol. The molecular weight excluding hydrogens is 152 g/mol. The molecule has 0 spiro atoms. The molecule has 0 unspecified atom stereocenters. The quantitative estimate of drug-likeness (QED) is 0.567. The van der Waals surface area contributed by atoms with Gasteiger partial charge < -0.3 is 16.6 Å². The first-order valence-electron chi connectivity index (χ1n) is 3.66. The van der Waals surface area contributed by atoms with Crippen molar-refractivity contribution < 1.29 is 5.11 Å². The van der Waals surface area contributed by atoms with Crippen molar-refractivity contribution in [3.63, 3.8) is 0 Å². The molecular formula is C9H12N2O. The summed E-state index contributed by atoms with van der Waals surface area (Å²) in [5.41, 5.74) is 13.4. The Hall–Kier alpha value is -1.48. The fourth-order valence-electron chi connectivity index (χ4n) is 0.917. The van der Waals surface area contributed by atoms with Crippen LogP contribution in [0.3, 0.4) is 0 Å². The van der Waals surface area contributed by atoms with E-state index in [4.69, 9.17) is 16.6 Å². The van der Waals surface area contributed by atoms with Gasteiger partial charge in [-0.2, -0.15) is 0 Å². The van der Waals surface area contributed by atoms with Crippen molar-refractivity contribution in [1.82, 2.24) is 0 Å². The van der Waals surface area contributed by atoms with Gasteiger partial charge in [-0.3, -0.25) is 0 Å². The Balaban J connectivity index is 2.97. The molecule has 3 heteroatoms. The summed E-state index contributed by atoms with van der Waals surface area (Å²) in [5, 5.41) is 8.53. The number of hydrogen-bond donors (Lipinski definition) is 3. The molecule has 5 N–H and O–H groups in total. The summed E-state index contributed by atoms with van der Waals surface area (Å²) in [6.45, 7) is 0.00817. The Bertz CT molecular complexity index is 295. The molecule has 0 saturated carbocycles. The summed E-state index contributed by atoms with van der Waals surface area (Å²) in [6.07, 6.45) is 3.36. The molecule has 0 aromatic heterocycles. The highest BCUT2D eigenvalue weighted by molar-refractivity contribution is 5.68. The highest BCUT2D eigenvalue weighted by atomic mass is 16.2. The normalized spacial score (nSPS) is 10.8. The van der Waals surface area contributed by atoms with Crippen molar-refractivity contribution in [2.75, 3.05) is 18.1 Å². The molecule has 64 valence electrons. The zero-order chi connectivity index (χ0) is 8.97. The maximum Gasteiger partial charge on any atom is 0.0615 e. The average Bonchev–Trinajstić information content (AvgIpc) is 2.07. The van der Waals surface area contributed by atoms with Crippen LogP contribution < -0.4 is 11.5 Å². The lowest BCUT2D eigenvalue weighted by Gasteiger charge is -2.00. The highest BCUT2D eigenvalue weighted by Gasteiger charge is 1.93. The molecule has 0 radical (unpaired) electrons. The van der Waals surface area contributed by atoms with Gasteiger partial charge in [0, 0.05) is 11.4 Å². The molecule has 0 heterocycles. The van der Waals surface area contributed by atoms with Crippen LogP contribution in [0.5, 0.6) is 0 Å². The van der Waals surface area contributed by atoms with Crippen LogP contribution in [0.15, 0.2) is 24.3 Å². The van der Waals surface area contributed by atoms with E-state index in [1.54, 1.807) is 30.4 Å². The van der Waals surface area contributed by atoms with Crippen LogP contribution in [0.25, 0.3) is 6.08 Å². The summed E-state index contributed by atoms with van der Waals surface area (Å²) < 4.78 is 0. The van der Waals surface area contributed by atoms with E-state index < -0.39 is 0 Å². The first-order valence-corrected chi connectivity index (χ1v) is 3.66.